The van der Waals surface area contributed by atoms with Crippen LogP contribution < -0.4 is 15.4 Å². The highest BCUT2D eigenvalue weighted by Gasteiger charge is 2.33. The van der Waals surface area contributed by atoms with E-state index in [0.717, 1.165) is 31.5 Å². The molecular formula is C16H25N3O2. The Labute approximate surface area is 126 Å². The lowest BCUT2D eigenvalue weighted by Crippen LogP contribution is -2.51. The molecule has 1 aromatic carbocycles. The van der Waals surface area contributed by atoms with Crippen LogP contribution in [0.15, 0.2) is 29.3 Å². The van der Waals surface area contributed by atoms with E-state index in [-0.39, 0.29) is 5.41 Å². The molecule has 0 bridgehead atoms. The van der Waals surface area contributed by atoms with Gasteiger partial charge in [-0.2, -0.15) is 0 Å². The molecule has 1 fully saturated rings. The van der Waals surface area contributed by atoms with Gasteiger partial charge in [0.2, 0.25) is 0 Å². The number of ether oxygens (including phenoxy) is 2. The largest absolute Gasteiger partial charge is 0.492 e. The molecule has 1 aromatic rings. The summed E-state index contributed by atoms with van der Waals surface area (Å²) >= 11 is 0. The number of benzene rings is 1. The van der Waals surface area contributed by atoms with Gasteiger partial charge >= 0.3 is 0 Å². The minimum absolute atomic E-state index is 0.232. The molecule has 2 rings (SSSR count). The molecule has 21 heavy (non-hydrogen) atoms. The molecule has 116 valence electrons. The van der Waals surface area contributed by atoms with Gasteiger partial charge in [-0.1, -0.05) is 24.6 Å². The van der Waals surface area contributed by atoms with Gasteiger partial charge < -0.3 is 20.1 Å². The number of aryl methyl sites for hydroxylation is 1. The Bertz CT molecular complexity index is 467. The van der Waals surface area contributed by atoms with Crippen LogP contribution in [0, 0.1) is 12.3 Å². The van der Waals surface area contributed by atoms with E-state index in [0.29, 0.717) is 13.2 Å². The minimum Gasteiger partial charge on any atom is -0.492 e. The molecule has 1 aliphatic heterocycles. The van der Waals surface area contributed by atoms with Crippen LogP contribution in [0.5, 0.6) is 5.75 Å². The predicted octanol–water partition coefficient (Wildman–Crippen LogP) is 1.58. The van der Waals surface area contributed by atoms with Gasteiger partial charge in [-0.25, -0.2) is 0 Å². The van der Waals surface area contributed by atoms with Crippen LogP contribution in [0.25, 0.3) is 0 Å². The molecule has 1 saturated heterocycles. The van der Waals surface area contributed by atoms with Crippen LogP contribution in [0.4, 0.5) is 0 Å². The molecular weight excluding hydrogens is 266 g/mol. The summed E-state index contributed by atoms with van der Waals surface area (Å²) in [5.41, 5.74) is 1.47. The molecule has 5 nitrogen and oxygen atoms in total. The summed E-state index contributed by atoms with van der Waals surface area (Å²) in [6.45, 7) is 8.07. The third kappa shape index (κ3) is 4.93. The molecule has 0 radical (unpaired) electrons. The zero-order valence-electron chi connectivity index (χ0n) is 13.1. The third-order valence-corrected chi connectivity index (χ3v) is 3.49. The number of hydrogen-bond donors (Lipinski definition) is 2. The quantitative estimate of drug-likeness (QED) is 0.475. The van der Waals surface area contributed by atoms with E-state index in [4.69, 9.17) is 9.47 Å². The van der Waals surface area contributed by atoms with Crippen molar-refractivity contribution in [1.29, 1.82) is 0 Å². The second-order valence-electron chi connectivity index (χ2n) is 5.82. The Balaban J connectivity index is 1.63. The molecule has 0 aliphatic carbocycles. The number of hydrogen-bond acceptors (Lipinski definition) is 3. The SMILES string of the molecule is CN=C(NCCOc1ccc(C)cc1)NCC1(C)COC1. The van der Waals surface area contributed by atoms with Crippen molar-refractivity contribution in [3.63, 3.8) is 0 Å². The van der Waals surface area contributed by atoms with Crippen LogP contribution in [0.3, 0.4) is 0 Å². The second kappa shape index (κ2) is 7.31. The molecule has 1 heterocycles. The number of rotatable bonds is 6. The van der Waals surface area contributed by atoms with E-state index in [1.807, 2.05) is 24.3 Å². The molecule has 0 spiro atoms. The topological polar surface area (TPSA) is 54.9 Å². The van der Waals surface area contributed by atoms with E-state index in [9.17, 15) is 0 Å². The first kappa shape index (κ1) is 15.6. The standard InChI is InChI=1S/C16H25N3O2/c1-13-4-6-14(7-5-13)21-9-8-18-15(17-3)19-10-16(2)11-20-12-16/h4-7H,8-12H2,1-3H3,(H2,17,18,19). The number of nitrogens with one attached hydrogen (secondary N) is 2. The van der Waals surface area contributed by atoms with Gasteiger partial charge in [0, 0.05) is 19.0 Å². The highest BCUT2D eigenvalue weighted by atomic mass is 16.5. The fourth-order valence-electron chi connectivity index (χ4n) is 2.04. The molecule has 0 unspecified atom stereocenters. The highest BCUT2D eigenvalue weighted by molar-refractivity contribution is 5.79. The number of nitrogens with zero attached hydrogens (tertiary/aromatic N) is 1. The monoisotopic (exact) mass is 291 g/mol. The van der Waals surface area contributed by atoms with Crippen LogP contribution in [-0.4, -0.2) is 45.9 Å². The van der Waals surface area contributed by atoms with Gasteiger partial charge in [-0.05, 0) is 19.1 Å². The van der Waals surface area contributed by atoms with Gasteiger partial charge in [0.15, 0.2) is 5.96 Å². The summed E-state index contributed by atoms with van der Waals surface area (Å²) < 4.78 is 10.9. The number of guanidine groups is 1. The zero-order chi connectivity index (χ0) is 15.1. The van der Waals surface area contributed by atoms with Crippen molar-refractivity contribution >= 4 is 5.96 Å². The second-order valence-corrected chi connectivity index (χ2v) is 5.82. The summed E-state index contributed by atoms with van der Waals surface area (Å²) in [4.78, 5) is 4.20. The summed E-state index contributed by atoms with van der Waals surface area (Å²) in [5.74, 6) is 1.69. The zero-order valence-corrected chi connectivity index (χ0v) is 13.1. The molecule has 5 heteroatoms. The smallest absolute Gasteiger partial charge is 0.191 e. The lowest BCUT2D eigenvalue weighted by atomic mass is 9.89. The van der Waals surface area contributed by atoms with Gasteiger partial charge in [0.25, 0.3) is 0 Å². The fraction of sp³-hybridized carbons (Fsp3) is 0.562. The summed E-state index contributed by atoms with van der Waals surface area (Å²) in [5, 5.41) is 6.57. The van der Waals surface area contributed by atoms with E-state index in [1.54, 1.807) is 7.05 Å². The van der Waals surface area contributed by atoms with Crippen molar-refractivity contribution in [3.05, 3.63) is 29.8 Å². The van der Waals surface area contributed by atoms with E-state index >= 15 is 0 Å². The molecule has 0 amide bonds. The number of aliphatic imine (C=N–C) groups is 1. The summed E-state index contributed by atoms with van der Waals surface area (Å²) in [6.07, 6.45) is 0. The molecule has 0 aromatic heterocycles. The van der Waals surface area contributed by atoms with Crippen LogP contribution in [-0.2, 0) is 4.74 Å². The summed E-state index contributed by atoms with van der Waals surface area (Å²) in [6, 6.07) is 8.06. The maximum absolute atomic E-state index is 5.67. The predicted molar refractivity (Wildman–Crippen MR) is 85.0 cm³/mol. The van der Waals surface area contributed by atoms with Crippen molar-refractivity contribution in [2.45, 2.75) is 13.8 Å². The van der Waals surface area contributed by atoms with Gasteiger partial charge in [0.1, 0.15) is 12.4 Å². The van der Waals surface area contributed by atoms with Crippen LogP contribution >= 0.6 is 0 Å². The van der Waals surface area contributed by atoms with Gasteiger partial charge in [-0.15, -0.1) is 0 Å². The average Bonchev–Trinajstić information content (AvgIpc) is 2.46. The Hall–Kier alpha value is -1.75. The fourth-order valence-corrected chi connectivity index (χ4v) is 2.04. The van der Waals surface area contributed by atoms with Crippen molar-refractivity contribution in [2.75, 3.05) is 40.0 Å². The highest BCUT2D eigenvalue weighted by Crippen LogP contribution is 2.24. The molecule has 2 N–H and O–H groups in total. The minimum atomic E-state index is 0.232. The van der Waals surface area contributed by atoms with Crippen LogP contribution in [0.1, 0.15) is 12.5 Å². The normalized spacial score (nSPS) is 17.0. The first-order chi connectivity index (χ1) is 10.1. The van der Waals surface area contributed by atoms with Crippen molar-refractivity contribution in [2.24, 2.45) is 10.4 Å². The average molecular weight is 291 g/mol. The lowest BCUT2D eigenvalue weighted by Gasteiger charge is -2.38. The van der Waals surface area contributed by atoms with E-state index in [1.165, 1.54) is 5.56 Å². The Morgan fingerprint density at radius 1 is 1.29 bits per heavy atom. The Morgan fingerprint density at radius 3 is 2.57 bits per heavy atom. The molecule has 0 atom stereocenters. The Kier molecular flexibility index (Phi) is 5.44. The van der Waals surface area contributed by atoms with Crippen molar-refractivity contribution in [1.82, 2.24) is 10.6 Å². The van der Waals surface area contributed by atoms with Crippen molar-refractivity contribution < 1.29 is 9.47 Å². The van der Waals surface area contributed by atoms with Crippen molar-refractivity contribution in [3.8, 4) is 5.75 Å². The van der Waals surface area contributed by atoms with E-state index in [2.05, 4.69) is 29.5 Å². The summed E-state index contributed by atoms with van der Waals surface area (Å²) in [7, 11) is 1.77. The Morgan fingerprint density at radius 2 is 2.00 bits per heavy atom. The van der Waals surface area contributed by atoms with Gasteiger partial charge in [0.05, 0.1) is 19.8 Å². The molecule has 1 aliphatic rings. The molecule has 0 saturated carbocycles. The van der Waals surface area contributed by atoms with Gasteiger partial charge in [-0.3, -0.25) is 4.99 Å². The maximum Gasteiger partial charge on any atom is 0.191 e. The first-order valence-electron chi connectivity index (χ1n) is 7.33. The third-order valence-electron chi connectivity index (χ3n) is 3.49. The van der Waals surface area contributed by atoms with Crippen LogP contribution in [0.2, 0.25) is 0 Å². The first-order valence-corrected chi connectivity index (χ1v) is 7.33. The lowest BCUT2D eigenvalue weighted by molar-refractivity contribution is -0.0971. The maximum atomic E-state index is 5.67. The van der Waals surface area contributed by atoms with E-state index < -0.39 is 0 Å².